The fraction of sp³-hybridized carbons (Fsp3) is 0.441. The number of carbonyl (C=O) groups excluding carboxylic acids is 14. The van der Waals surface area contributed by atoms with Gasteiger partial charge in [-0.3, -0.25) is 98.2 Å². The second kappa shape index (κ2) is 26.8. The molecule has 0 aliphatic carbocycles. The predicted molar refractivity (Wildman–Crippen MR) is 349 cm³/mol. The third kappa shape index (κ3) is 15.9. The van der Waals surface area contributed by atoms with E-state index in [0.717, 1.165) is 42.1 Å². The molecule has 94 heavy (non-hydrogen) atoms. The van der Waals surface area contributed by atoms with Crippen LogP contribution < -0.4 is 31.9 Å². The van der Waals surface area contributed by atoms with E-state index >= 15 is 0 Å². The van der Waals surface area contributed by atoms with Crippen molar-refractivity contribution in [2.24, 2.45) is 0 Å². The second-order valence-electron chi connectivity index (χ2n) is 28.0. The second-order valence-corrected chi connectivity index (χ2v) is 31.8. The van der Waals surface area contributed by atoms with Crippen molar-refractivity contribution in [2.75, 3.05) is 10.6 Å². The summed E-state index contributed by atoms with van der Waals surface area (Å²) in [4.78, 5) is 176. The fourth-order valence-electron chi connectivity index (χ4n) is 11.9. The van der Waals surface area contributed by atoms with Crippen LogP contribution in [-0.2, 0) is 51.4 Å². The van der Waals surface area contributed by atoms with Gasteiger partial charge < -0.3 is 20.4 Å². The standard InChI is InChI=1S/C17H19N3O4.C17H21N3O3.C17H18N2O4S.C17H20N2O3S/c1-17(2,3)19-9-4-5-10-11(8-9)16(24)20(15(10)23)12-6-7-13(21)18-14(12)22;1-17(2,3)19-11-4-5-12-10(8-11)9-20(16(12)23)13-6-7-14(21)18-15(13)22;1-17(2,3)24-9-4-5-10-11(8-9)16(23)19(15(10)22)12-6-7-13(20)18-14(12)21;1-17(2,3)23-11-4-5-12-10(8-11)9-19(16(12)22)13-6-7-14(20)18-15(13)21/h4-5,8,12,19H,6-7H2,1-3H3,(H,18,21,22);4-5,8,13,19H,6-7,9H2,1-3H3,(H,18,21,22);4-5,8,12H,6-7H2,1-3H3,(H,18,20,21);4-5,8,13H,6-7,9H2,1-3H3,(H,18,20,21). The van der Waals surface area contributed by atoms with Gasteiger partial charge >= 0.3 is 0 Å². The van der Waals surface area contributed by atoms with Crippen LogP contribution in [0.5, 0.6) is 0 Å². The van der Waals surface area contributed by atoms with E-state index in [1.165, 1.54) is 0 Å². The molecule has 4 saturated heterocycles. The van der Waals surface area contributed by atoms with Crippen LogP contribution in [0.1, 0.15) is 208 Å². The number of amides is 14. The van der Waals surface area contributed by atoms with Crippen molar-refractivity contribution in [3.8, 4) is 0 Å². The average Bonchev–Trinajstić information content (AvgIpc) is 1.62. The third-order valence-corrected chi connectivity index (χ3v) is 18.0. The first-order chi connectivity index (χ1) is 43.8. The van der Waals surface area contributed by atoms with Crippen LogP contribution in [-0.4, -0.2) is 147 Å². The lowest BCUT2D eigenvalue weighted by molar-refractivity contribution is -0.138. The van der Waals surface area contributed by atoms with Crippen LogP contribution in [0.3, 0.4) is 0 Å². The molecule has 26 heteroatoms. The van der Waals surface area contributed by atoms with Crippen molar-refractivity contribution in [1.82, 2.24) is 40.9 Å². The summed E-state index contributed by atoms with van der Waals surface area (Å²) in [5.74, 6) is -5.45. The summed E-state index contributed by atoms with van der Waals surface area (Å²) in [5, 5.41) is 15.6. The van der Waals surface area contributed by atoms with E-state index in [-0.39, 0.29) is 117 Å². The minimum Gasteiger partial charge on any atom is -0.380 e. The number of hydrogen-bond donors (Lipinski definition) is 6. The molecule has 4 fully saturated rings. The minimum atomic E-state index is -0.936. The maximum atomic E-state index is 12.7. The van der Waals surface area contributed by atoms with Crippen molar-refractivity contribution >= 4 is 118 Å². The summed E-state index contributed by atoms with van der Waals surface area (Å²) >= 11 is 3.35. The number of nitrogens with zero attached hydrogens (tertiary/aromatic N) is 4. The van der Waals surface area contributed by atoms with E-state index in [0.29, 0.717) is 48.2 Å². The van der Waals surface area contributed by atoms with Crippen LogP contribution >= 0.6 is 23.5 Å². The number of piperidine rings is 4. The predicted octanol–water partition coefficient (Wildman–Crippen LogP) is 7.27. The van der Waals surface area contributed by atoms with Crippen LogP contribution in [0.25, 0.3) is 0 Å². The van der Waals surface area contributed by atoms with Gasteiger partial charge in [0.05, 0.1) is 22.3 Å². The first-order valence-electron chi connectivity index (χ1n) is 31.0. The largest absolute Gasteiger partial charge is 0.380 e. The van der Waals surface area contributed by atoms with Gasteiger partial charge in [-0.2, -0.15) is 0 Å². The number of benzene rings is 4. The van der Waals surface area contributed by atoms with Crippen LogP contribution in [0.4, 0.5) is 11.4 Å². The van der Waals surface area contributed by atoms with E-state index in [4.69, 9.17) is 0 Å². The van der Waals surface area contributed by atoms with Crippen LogP contribution in [0, 0.1) is 0 Å². The lowest BCUT2D eigenvalue weighted by Gasteiger charge is -2.29. The van der Waals surface area contributed by atoms with Gasteiger partial charge in [0.1, 0.15) is 24.2 Å². The van der Waals surface area contributed by atoms with Gasteiger partial charge in [0, 0.05) is 91.6 Å². The Morgan fingerprint density at radius 1 is 0.351 bits per heavy atom. The van der Waals surface area contributed by atoms with Crippen LogP contribution in [0.2, 0.25) is 0 Å². The molecule has 4 atom stereocenters. The highest BCUT2D eigenvalue weighted by Gasteiger charge is 2.47. The molecule has 8 heterocycles. The number of fused-ring (bicyclic) bond motifs is 4. The van der Waals surface area contributed by atoms with Crippen molar-refractivity contribution in [3.63, 3.8) is 0 Å². The molecule has 6 N–H and O–H groups in total. The Kier molecular flexibility index (Phi) is 19.7. The summed E-state index contributed by atoms with van der Waals surface area (Å²) in [5.41, 5.74) is 5.76. The molecule has 8 aliphatic heterocycles. The lowest BCUT2D eigenvalue weighted by Crippen LogP contribution is -2.54. The Balaban J connectivity index is 0.000000148. The molecule has 4 unspecified atom stereocenters. The molecule has 12 rings (SSSR count). The number of rotatable bonds is 8. The van der Waals surface area contributed by atoms with E-state index in [9.17, 15) is 67.1 Å². The molecule has 0 aromatic heterocycles. The topological polar surface area (TPSA) is 324 Å². The zero-order valence-electron chi connectivity index (χ0n) is 54.6. The van der Waals surface area contributed by atoms with Gasteiger partial charge in [0.2, 0.25) is 47.3 Å². The highest BCUT2D eigenvalue weighted by atomic mass is 32.2. The van der Waals surface area contributed by atoms with Gasteiger partial charge in [-0.15, -0.1) is 23.5 Å². The Labute approximate surface area is 552 Å². The zero-order chi connectivity index (χ0) is 68.8. The number of carbonyl (C=O) groups is 14. The lowest BCUT2D eigenvalue weighted by atomic mass is 10.0. The number of hydrogen-bond acceptors (Lipinski definition) is 18. The van der Waals surface area contributed by atoms with Crippen LogP contribution in [0.15, 0.2) is 82.6 Å². The molecule has 0 saturated carbocycles. The van der Waals surface area contributed by atoms with E-state index in [1.54, 1.807) is 69.7 Å². The SMILES string of the molecule is CC(C)(C)Nc1ccc2c(c1)C(=O)N(C1CCC(=O)NC1=O)C2=O.CC(C)(C)Nc1ccc2c(c1)CN(C1CCC(=O)NC1=O)C2=O.CC(C)(C)Sc1ccc2c(c1)C(=O)N(C1CCC(=O)NC1=O)C2=O.CC(C)(C)Sc1ccc2c(c1)CN(C1CCC(=O)NC1=O)C2=O. The monoisotopic (exact) mass is 1320 g/mol. The quantitative estimate of drug-likeness (QED) is 0.0746. The number of anilines is 2. The smallest absolute Gasteiger partial charge is 0.262 e. The zero-order valence-corrected chi connectivity index (χ0v) is 56.3. The fourth-order valence-corrected chi connectivity index (χ4v) is 14.0. The summed E-state index contributed by atoms with van der Waals surface area (Å²) in [6, 6.07) is 18.6. The minimum absolute atomic E-state index is 0.0246. The van der Waals surface area contributed by atoms with Crippen molar-refractivity contribution in [2.45, 2.75) is 202 Å². The van der Waals surface area contributed by atoms with Crippen molar-refractivity contribution < 1.29 is 67.1 Å². The van der Waals surface area contributed by atoms with Gasteiger partial charge in [-0.25, -0.2) is 0 Å². The van der Waals surface area contributed by atoms with E-state index < -0.39 is 59.6 Å². The van der Waals surface area contributed by atoms with Gasteiger partial charge in [0.25, 0.3) is 35.4 Å². The normalized spacial score (nSPS) is 21.2. The summed E-state index contributed by atoms with van der Waals surface area (Å²) < 4.78 is 0.0728. The highest BCUT2D eigenvalue weighted by molar-refractivity contribution is 8.00. The molecule has 24 nitrogen and oxygen atoms in total. The first-order valence-corrected chi connectivity index (χ1v) is 32.7. The molecule has 4 aromatic rings. The molecule has 0 spiro atoms. The average molecular weight is 1320 g/mol. The van der Waals surface area contributed by atoms with Crippen molar-refractivity contribution in [1.29, 1.82) is 0 Å². The molecular weight excluding hydrogens is 1240 g/mol. The summed E-state index contributed by atoms with van der Waals surface area (Å²) in [6.45, 7) is 25.6. The number of imide groups is 6. The molecule has 0 bridgehead atoms. The highest BCUT2D eigenvalue weighted by Crippen LogP contribution is 2.39. The Morgan fingerprint density at radius 2 is 0.660 bits per heavy atom. The molecule has 496 valence electrons. The molecule has 0 radical (unpaired) electrons. The van der Waals surface area contributed by atoms with E-state index in [1.807, 2.05) is 57.2 Å². The molecular formula is C68H78N10O14S2. The van der Waals surface area contributed by atoms with Crippen molar-refractivity contribution in [3.05, 3.63) is 117 Å². The van der Waals surface area contributed by atoms with Gasteiger partial charge in [0.15, 0.2) is 0 Å². The molecule has 14 amide bonds. The summed E-state index contributed by atoms with van der Waals surface area (Å²) in [7, 11) is 0. The molecule has 8 aliphatic rings. The Bertz CT molecular complexity index is 3660. The Morgan fingerprint density at radius 3 is 1.03 bits per heavy atom. The first kappa shape index (κ1) is 69.3. The maximum absolute atomic E-state index is 12.7. The summed E-state index contributed by atoms with van der Waals surface area (Å²) in [6.07, 6.45) is 1.89. The Hall–Kier alpha value is -9.04. The van der Waals surface area contributed by atoms with E-state index in [2.05, 4.69) is 94.2 Å². The maximum Gasteiger partial charge on any atom is 0.262 e. The van der Waals surface area contributed by atoms with Gasteiger partial charge in [-0.1, -0.05) is 41.5 Å². The number of nitrogens with one attached hydrogen (secondary N) is 6. The molecule has 4 aromatic carbocycles. The van der Waals surface area contributed by atoms with Gasteiger partial charge in [-0.05, 0) is 151 Å². The number of thioether (sulfide) groups is 2. The third-order valence-electron chi connectivity index (χ3n) is 15.8.